The summed E-state index contributed by atoms with van der Waals surface area (Å²) in [6.07, 6.45) is -0.200. The molecule has 8 heteroatoms. The first-order valence-corrected chi connectivity index (χ1v) is 12.9. The minimum atomic E-state index is -0.645. The first-order chi connectivity index (χ1) is 18.2. The van der Waals surface area contributed by atoms with Gasteiger partial charge in [-0.25, -0.2) is 4.79 Å². The lowest BCUT2D eigenvalue weighted by molar-refractivity contribution is -0.204. The lowest BCUT2D eigenvalue weighted by Gasteiger charge is -2.32. The lowest BCUT2D eigenvalue weighted by atomic mass is 10.1. The van der Waals surface area contributed by atoms with Crippen molar-refractivity contribution in [2.24, 2.45) is 0 Å². The molecule has 1 atom stereocenters. The molecule has 0 aliphatic carbocycles. The van der Waals surface area contributed by atoms with Crippen LogP contribution >= 0.6 is 0 Å². The van der Waals surface area contributed by atoms with E-state index < -0.39 is 6.10 Å². The zero-order valence-electron chi connectivity index (χ0n) is 21.1. The second-order valence-electron chi connectivity index (χ2n) is 8.92. The standard InChI is InChI=1S/C29H33N3O5/c1-2-34-28(29(33)37-31-17-15-30-16-18-31)21-22-11-13-23(14-12-22)35-20-19-32-24-7-3-5-9-26(24)36-27-10-6-4-8-25(27)32/h3-14,28,30H,2,15-21H2,1H3. The van der Waals surface area contributed by atoms with Crippen LogP contribution in [-0.4, -0.2) is 63.1 Å². The summed E-state index contributed by atoms with van der Waals surface area (Å²) in [5.74, 6) is 2.10. The Hall–Kier alpha value is -3.59. The third-order valence-corrected chi connectivity index (χ3v) is 6.39. The fraction of sp³-hybridized carbons (Fsp3) is 0.345. The van der Waals surface area contributed by atoms with E-state index in [9.17, 15) is 4.79 Å². The second kappa shape index (κ2) is 12.1. The Balaban J connectivity index is 1.17. The van der Waals surface area contributed by atoms with E-state index in [0.29, 0.717) is 39.3 Å². The van der Waals surface area contributed by atoms with Gasteiger partial charge in [-0.3, -0.25) is 0 Å². The van der Waals surface area contributed by atoms with Crippen molar-refractivity contribution < 1.29 is 23.8 Å². The van der Waals surface area contributed by atoms with Crippen molar-refractivity contribution in [1.29, 1.82) is 0 Å². The zero-order valence-corrected chi connectivity index (χ0v) is 21.1. The van der Waals surface area contributed by atoms with Crippen molar-refractivity contribution in [2.45, 2.75) is 19.4 Å². The highest BCUT2D eigenvalue weighted by atomic mass is 16.7. The van der Waals surface area contributed by atoms with Gasteiger partial charge in [-0.1, -0.05) is 36.4 Å². The molecule has 194 valence electrons. The van der Waals surface area contributed by atoms with Crippen LogP contribution < -0.4 is 19.7 Å². The third-order valence-electron chi connectivity index (χ3n) is 6.39. The molecule has 3 aromatic carbocycles. The van der Waals surface area contributed by atoms with Crippen LogP contribution in [0.15, 0.2) is 72.8 Å². The maximum atomic E-state index is 12.7. The van der Waals surface area contributed by atoms with E-state index in [-0.39, 0.29) is 5.97 Å². The van der Waals surface area contributed by atoms with Gasteiger partial charge in [-0.15, -0.1) is 5.06 Å². The molecule has 8 nitrogen and oxygen atoms in total. The van der Waals surface area contributed by atoms with Crippen molar-refractivity contribution in [3.05, 3.63) is 78.4 Å². The summed E-state index contributed by atoms with van der Waals surface area (Å²) in [6.45, 7) is 6.46. The number of anilines is 2. The summed E-state index contributed by atoms with van der Waals surface area (Å²) in [6, 6.07) is 23.9. The highest BCUT2D eigenvalue weighted by molar-refractivity contribution is 5.77. The van der Waals surface area contributed by atoms with Crippen LogP contribution in [0.25, 0.3) is 0 Å². The van der Waals surface area contributed by atoms with Crippen molar-refractivity contribution in [2.75, 3.05) is 50.8 Å². The highest BCUT2D eigenvalue weighted by Gasteiger charge is 2.25. The number of nitrogens with zero attached hydrogens (tertiary/aromatic N) is 2. The predicted molar refractivity (Wildman–Crippen MR) is 142 cm³/mol. The number of piperazine rings is 1. The molecule has 0 aromatic heterocycles. The summed E-state index contributed by atoms with van der Waals surface area (Å²) >= 11 is 0. The van der Waals surface area contributed by atoms with E-state index in [1.54, 1.807) is 5.06 Å². The summed E-state index contributed by atoms with van der Waals surface area (Å²) < 4.78 is 17.8. The van der Waals surface area contributed by atoms with Gasteiger partial charge < -0.3 is 29.3 Å². The predicted octanol–water partition coefficient (Wildman–Crippen LogP) is 4.32. The second-order valence-corrected chi connectivity index (χ2v) is 8.92. The topological polar surface area (TPSA) is 72.5 Å². The molecule has 1 saturated heterocycles. The van der Waals surface area contributed by atoms with Crippen LogP contribution in [0.3, 0.4) is 0 Å². The molecule has 0 radical (unpaired) electrons. The van der Waals surface area contributed by atoms with Crippen molar-refractivity contribution in [3.63, 3.8) is 0 Å². The largest absolute Gasteiger partial charge is 0.492 e. The number of hydrogen-bond donors (Lipinski definition) is 1. The quantitative estimate of drug-likeness (QED) is 0.439. The van der Waals surface area contributed by atoms with Gasteiger partial charge in [0.2, 0.25) is 0 Å². The number of hydroxylamine groups is 2. The monoisotopic (exact) mass is 503 g/mol. The molecule has 5 rings (SSSR count). The molecule has 2 heterocycles. The van der Waals surface area contributed by atoms with Gasteiger partial charge in [0.05, 0.1) is 17.9 Å². The van der Waals surface area contributed by atoms with E-state index in [4.69, 9.17) is 19.0 Å². The van der Waals surface area contributed by atoms with Crippen LogP contribution in [0.5, 0.6) is 17.2 Å². The Kier molecular flexibility index (Phi) is 8.20. The average molecular weight is 504 g/mol. The van der Waals surface area contributed by atoms with Crippen LogP contribution in [0.2, 0.25) is 0 Å². The minimum absolute atomic E-state index is 0.352. The van der Waals surface area contributed by atoms with E-state index in [2.05, 4.69) is 22.3 Å². The van der Waals surface area contributed by atoms with Gasteiger partial charge in [0, 0.05) is 39.2 Å². The van der Waals surface area contributed by atoms with Crippen LogP contribution in [0.4, 0.5) is 11.4 Å². The minimum Gasteiger partial charge on any atom is -0.492 e. The van der Waals surface area contributed by atoms with Crippen molar-refractivity contribution in [1.82, 2.24) is 10.4 Å². The molecule has 0 amide bonds. The van der Waals surface area contributed by atoms with Gasteiger partial charge in [-0.05, 0) is 48.9 Å². The molecule has 2 aliphatic rings. The highest BCUT2D eigenvalue weighted by Crippen LogP contribution is 2.45. The fourth-order valence-corrected chi connectivity index (χ4v) is 4.55. The number of carbonyl (C=O) groups excluding carboxylic acids is 1. The maximum Gasteiger partial charge on any atom is 0.354 e. The normalized spacial score (nSPS) is 15.8. The zero-order chi connectivity index (χ0) is 25.5. The fourth-order valence-electron chi connectivity index (χ4n) is 4.55. The SMILES string of the molecule is CCOC(Cc1ccc(OCCN2c3ccccc3Oc3ccccc32)cc1)C(=O)ON1CCNCC1. The molecule has 3 aromatic rings. The number of benzene rings is 3. The van der Waals surface area contributed by atoms with Gasteiger partial charge in [0.1, 0.15) is 12.4 Å². The Bertz CT molecular complexity index is 1130. The van der Waals surface area contributed by atoms with Crippen LogP contribution in [0.1, 0.15) is 12.5 Å². The number of hydrogen-bond acceptors (Lipinski definition) is 8. The molecule has 1 unspecified atom stereocenters. The molecule has 0 spiro atoms. The van der Waals surface area contributed by atoms with Crippen LogP contribution in [0, 0.1) is 0 Å². The molecular weight excluding hydrogens is 470 g/mol. The number of nitrogens with one attached hydrogen (secondary N) is 1. The Morgan fingerprint density at radius 1 is 0.946 bits per heavy atom. The van der Waals surface area contributed by atoms with E-state index in [0.717, 1.165) is 47.3 Å². The first kappa shape index (κ1) is 25.1. The van der Waals surface area contributed by atoms with Crippen molar-refractivity contribution >= 4 is 17.3 Å². The van der Waals surface area contributed by atoms with Gasteiger partial charge in [0.25, 0.3) is 0 Å². The van der Waals surface area contributed by atoms with Gasteiger partial charge >= 0.3 is 5.97 Å². The molecule has 0 bridgehead atoms. The number of para-hydroxylation sites is 4. The Morgan fingerprint density at radius 2 is 1.59 bits per heavy atom. The molecule has 0 saturated carbocycles. The van der Waals surface area contributed by atoms with E-state index in [1.807, 2.05) is 67.6 Å². The van der Waals surface area contributed by atoms with Crippen LogP contribution in [-0.2, 0) is 20.8 Å². The summed E-state index contributed by atoms with van der Waals surface area (Å²) in [5.41, 5.74) is 3.03. The third kappa shape index (κ3) is 6.22. The first-order valence-electron chi connectivity index (χ1n) is 12.9. The smallest absolute Gasteiger partial charge is 0.354 e. The number of ether oxygens (including phenoxy) is 3. The molecule has 1 fully saturated rings. The van der Waals surface area contributed by atoms with Gasteiger partial charge in [0.15, 0.2) is 17.6 Å². The van der Waals surface area contributed by atoms with Crippen molar-refractivity contribution in [3.8, 4) is 17.2 Å². The Labute approximate surface area is 217 Å². The summed E-state index contributed by atoms with van der Waals surface area (Å²) in [5, 5.41) is 4.95. The number of carbonyl (C=O) groups is 1. The average Bonchev–Trinajstić information content (AvgIpc) is 2.94. The lowest BCUT2D eigenvalue weighted by Crippen LogP contribution is -2.46. The number of fused-ring (bicyclic) bond motifs is 2. The number of rotatable bonds is 10. The molecule has 1 N–H and O–H groups in total. The summed E-state index contributed by atoms with van der Waals surface area (Å²) in [4.78, 5) is 20.5. The molecule has 37 heavy (non-hydrogen) atoms. The molecular formula is C29H33N3O5. The van der Waals surface area contributed by atoms with E-state index in [1.165, 1.54) is 0 Å². The summed E-state index contributed by atoms with van der Waals surface area (Å²) in [7, 11) is 0. The Morgan fingerprint density at radius 3 is 2.24 bits per heavy atom. The van der Waals surface area contributed by atoms with E-state index >= 15 is 0 Å². The molecule has 2 aliphatic heterocycles. The van der Waals surface area contributed by atoms with Gasteiger partial charge in [-0.2, -0.15) is 0 Å². The maximum absolute atomic E-state index is 12.7.